The van der Waals surface area contributed by atoms with E-state index in [9.17, 15) is 0 Å². The molecule has 0 unspecified atom stereocenters. The molecule has 0 spiro atoms. The molecule has 86 valence electrons. The molecule has 0 aromatic heterocycles. The Hall–Kier alpha value is -1.13. The smallest absolute Gasteiger partial charge is 0.0642 e. The lowest BCUT2D eigenvalue weighted by atomic mass is 10.1. The van der Waals surface area contributed by atoms with E-state index in [0.717, 1.165) is 31.9 Å². The average molecular weight is 236 g/mol. The number of nitrogens with zero attached hydrogens (tertiary/aromatic N) is 1. The molecule has 1 aromatic carbocycles. The number of rotatable bonds is 2. The lowest BCUT2D eigenvalue weighted by Gasteiger charge is -2.28. The van der Waals surface area contributed by atoms with Crippen LogP contribution >= 0.6 is 12.6 Å². The fourth-order valence-electron chi connectivity index (χ4n) is 1.76. The first-order chi connectivity index (χ1) is 7.81. The van der Waals surface area contributed by atoms with Crippen LogP contribution in [0.1, 0.15) is 5.56 Å². The Labute approximate surface area is 101 Å². The SMILES string of the molecule is N/C(=C\S)c1ccc(N2CCOCC2)cc1. The van der Waals surface area contributed by atoms with E-state index in [1.54, 1.807) is 5.41 Å². The standard InChI is InChI=1S/C12H16N2OS/c13-12(9-16)10-1-3-11(4-2-10)14-5-7-15-8-6-14/h1-4,9,16H,5-8,13H2/b12-9-. The molecule has 0 saturated carbocycles. The van der Waals surface area contributed by atoms with Gasteiger partial charge in [0.05, 0.1) is 13.2 Å². The van der Waals surface area contributed by atoms with E-state index < -0.39 is 0 Å². The maximum absolute atomic E-state index is 5.77. The van der Waals surface area contributed by atoms with E-state index in [1.807, 2.05) is 12.1 Å². The molecule has 1 aromatic rings. The molecule has 2 rings (SSSR count). The first-order valence-electron chi connectivity index (χ1n) is 5.34. The normalized spacial score (nSPS) is 17.6. The number of morpholine rings is 1. The molecule has 0 aliphatic carbocycles. The molecule has 0 radical (unpaired) electrons. The minimum atomic E-state index is 0.692. The maximum Gasteiger partial charge on any atom is 0.0642 e. The van der Waals surface area contributed by atoms with Gasteiger partial charge < -0.3 is 15.4 Å². The highest BCUT2D eigenvalue weighted by atomic mass is 32.1. The summed E-state index contributed by atoms with van der Waals surface area (Å²) in [7, 11) is 0. The van der Waals surface area contributed by atoms with Crippen molar-refractivity contribution in [2.45, 2.75) is 0 Å². The molecule has 0 bridgehead atoms. The van der Waals surface area contributed by atoms with Crippen molar-refractivity contribution >= 4 is 24.0 Å². The number of anilines is 1. The molecular formula is C12H16N2OS. The van der Waals surface area contributed by atoms with Crippen LogP contribution < -0.4 is 10.6 Å². The second-order valence-electron chi connectivity index (χ2n) is 3.73. The fraction of sp³-hybridized carbons (Fsp3) is 0.333. The molecule has 1 aliphatic rings. The Morgan fingerprint density at radius 2 is 1.88 bits per heavy atom. The summed E-state index contributed by atoms with van der Waals surface area (Å²) in [5, 5.41) is 1.61. The van der Waals surface area contributed by atoms with Gasteiger partial charge in [0.15, 0.2) is 0 Å². The van der Waals surface area contributed by atoms with Crippen molar-refractivity contribution < 1.29 is 4.74 Å². The van der Waals surface area contributed by atoms with Crippen LogP contribution in [0.25, 0.3) is 5.70 Å². The number of ether oxygens (including phenoxy) is 1. The highest BCUT2D eigenvalue weighted by Crippen LogP contribution is 2.19. The van der Waals surface area contributed by atoms with E-state index in [4.69, 9.17) is 10.5 Å². The van der Waals surface area contributed by atoms with Crippen molar-refractivity contribution in [3.05, 3.63) is 35.2 Å². The molecule has 16 heavy (non-hydrogen) atoms. The van der Waals surface area contributed by atoms with Crippen LogP contribution in [0.5, 0.6) is 0 Å². The predicted octanol–water partition coefficient (Wildman–Crippen LogP) is 1.71. The van der Waals surface area contributed by atoms with Gasteiger partial charge >= 0.3 is 0 Å². The Kier molecular flexibility index (Phi) is 3.74. The minimum absolute atomic E-state index is 0.692. The van der Waals surface area contributed by atoms with E-state index >= 15 is 0 Å². The first-order valence-corrected chi connectivity index (χ1v) is 5.86. The summed E-state index contributed by atoms with van der Waals surface area (Å²) in [5.74, 6) is 0. The van der Waals surface area contributed by atoms with Gasteiger partial charge in [0.25, 0.3) is 0 Å². The van der Waals surface area contributed by atoms with E-state index in [0.29, 0.717) is 5.70 Å². The molecule has 0 amide bonds. The van der Waals surface area contributed by atoms with Gasteiger partial charge in [-0.1, -0.05) is 12.1 Å². The zero-order chi connectivity index (χ0) is 11.4. The van der Waals surface area contributed by atoms with Gasteiger partial charge in [0, 0.05) is 24.5 Å². The molecule has 1 aliphatic heterocycles. The van der Waals surface area contributed by atoms with E-state index in [1.165, 1.54) is 5.69 Å². The molecule has 3 nitrogen and oxygen atoms in total. The lowest BCUT2D eigenvalue weighted by molar-refractivity contribution is 0.122. The third-order valence-corrected chi connectivity index (χ3v) is 2.99. The van der Waals surface area contributed by atoms with Crippen LogP contribution in [0.2, 0.25) is 0 Å². The maximum atomic E-state index is 5.77. The van der Waals surface area contributed by atoms with Gasteiger partial charge in [-0.3, -0.25) is 0 Å². The second-order valence-corrected chi connectivity index (χ2v) is 3.99. The van der Waals surface area contributed by atoms with Crippen molar-refractivity contribution in [2.24, 2.45) is 5.73 Å². The molecule has 1 fully saturated rings. The van der Waals surface area contributed by atoms with Crippen LogP contribution in [-0.4, -0.2) is 26.3 Å². The molecule has 0 atom stereocenters. The van der Waals surface area contributed by atoms with Crippen molar-refractivity contribution in [1.82, 2.24) is 0 Å². The van der Waals surface area contributed by atoms with Crippen LogP contribution in [0, 0.1) is 0 Å². The van der Waals surface area contributed by atoms with Gasteiger partial charge in [-0.15, -0.1) is 12.6 Å². The van der Waals surface area contributed by atoms with Crippen molar-refractivity contribution in [2.75, 3.05) is 31.2 Å². The molecular weight excluding hydrogens is 220 g/mol. The summed E-state index contributed by atoms with van der Waals surface area (Å²) in [4.78, 5) is 2.31. The van der Waals surface area contributed by atoms with E-state index in [2.05, 4.69) is 29.7 Å². The highest BCUT2D eigenvalue weighted by Gasteiger charge is 2.10. The zero-order valence-electron chi connectivity index (χ0n) is 9.10. The third kappa shape index (κ3) is 2.51. The van der Waals surface area contributed by atoms with Crippen LogP contribution in [0.4, 0.5) is 5.69 Å². The Bertz CT molecular complexity index is 369. The summed E-state index contributed by atoms with van der Waals surface area (Å²) < 4.78 is 5.32. The van der Waals surface area contributed by atoms with Crippen LogP contribution in [0.15, 0.2) is 29.7 Å². The van der Waals surface area contributed by atoms with Crippen molar-refractivity contribution in [1.29, 1.82) is 0 Å². The molecule has 2 N–H and O–H groups in total. The Balaban J connectivity index is 2.12. The summed E-state index contributed by atoms with van der Waals surface area (Å²) in [6.07, 6.45) is 0. The molecule has 4 heteroatoms. The minimum Gasteiger partial charge on any atom is -0.398 e. The molecule has 1 saturated heterocycles. The van der Waals surface area contributed by atoms with Gasteiger partial charge in [0.2, 0.25) is 0 Å². The number of hydrogen-bond acceptors (Lipinski definition) is 4. The number of benzene rings is 1. The van der Waals surface area contributed by atoms with Crippen molar-refractivity contribution in [3.8, 4) is 0 Å². The topological polar surface area (TPSA) is 38.5 Å². The number of nitrogens with two attached hydrogens (primary N) is 1. The van der Waals surface area contributed by atoms with Crippen molar-refractivity contribution in [3.63, 3.8) is 0 Å². The molecule has 1 heterocycles. The number of hydrogen-bond donors (Lipinski definition) is 2. The first kappa shape index (κ1) is 11.4. The van der Waals surface area contributed by atoms with Gasteiger partial charge in [0.1, 0.15) is 0 Å². The monoisotopic (exact) mass is 236 g/mol. The van der Waals surface area contributed by atoms with E-state index in [-0.39, 0.29) is 0 Å². The summed E-state index contributed by atoms with van der Waals surface area (Å²) in [6.45, 7) is 3.52. The largest absolute Gasteiger partial charge is 0.398 e. The summed E-state index contributed by atoms with van der Waals surface area (Å²) in [5.41, 5.74) is 8.69. The fourth-order valence-corrected chi connectivity index (χ4v) is 1.91. The average Bonchev–Trinajstić information content (AvgIpc) is 2.39. The van der Waals surface area contributed by atoms with Gasteiger partial charge in [-0.25, -0.2) is 0 Å². The van der Waals surface area contributed by atoms with Crippen LogP contribution in [0.3, 0.4) is 0 Å². The highest BCUT2D eigenvalue weighted by molar-refractivity contribution is 7.83. The summed E-state index contributed by atoms with van der Waals surface area (Å²) >= 11 is 4.04. The quantitative estimate of drug-likeness (QED) is 0.768. The second kappa shape index (κ2) is 5.27. The number of thiol groups is 1. The van der Waals surface area contributed by atoms with Crippen LogP contribution in [-0.2, 0) is 4.74 Å². The van der Waals surface area contributed by atoms with Gasteiger partial charge in [-0.05, 0) is 23.1 Å². The Morgan fingerprint density at radius 3 is 2.44 bits per heavy atom. The predicted molar refractivity (Wildman–Crippen MR) is 70.6 cm³/mol. The lowest BCUT2D eigenvalue weighted by Crippen LogP contribution is -2.36. The summed E-state index contributed by atoms with van der Waals surface area (Å²) in [6, 6.07) is 8.22. The zero-order valence-corrected chi connectivity index (χ0v) is 9.99. The third-order valence-electron chi connectivity index (χ3n) is 2.72. The Morgan fingerprint density at radius 1 is 1.25 bits per heavy atom. The van der Waals surface area contributed by atoms with Gasteiger partial charge in [-0.2, -0.15) is 0 Å².